The summed E-state index contributed by atoms with van der Waals surface area (Å²) in [6.45, 7) is 4.25. The van der Waals surface area contributed by atoms with Crippen LogP contribution in [0.2, 0.25) is 0 Å². The number of hydrogen-bond acceptors (Lipinski definition) is 3. The SMILES string of the molecule is c1ccc2c(c1)NCC2CCNCCC1CCCO1. The zero-order valence-electron chi connectivity index (χ0n) is 11.5. The van der Waals surface area contributed by atoms with Crippen LogP contribution in [0, 0.1) is 0 Å². The second kappa shape index (κ2) is 6.40. The third-order valence-electron chi connectivity index (χ3n) is 4.28. The summed E-state index contributed by atoms with van der Waals surface area (Å²) in [4.78, 5) is 0. The van der Waals surface area contributed by atoms with E-state index in [9.17, 15) is 0 Å². The predicted molar refractivity (Wildman–Crippen MR) is 78.8 cm³/mol. The molecule has 3 rings (SSSR count). The zero-order valence-corrected chi connectivity index (χ0v) is 11.5. The minimum atomic E-state index is 0.515. The highest BCUT2D eigenvalue weighted by molar-refractivity contribution is 5.57. The normalized spacial score (nSPS) is 25.3. The molecule has 0 aliphatic carbocycles. The van der Waals surface area contributed by atoms with E-state index in [2.05, 4.69) is 34.9 Å². The molecule has 1 aromatic carbocycles. The van der Waals surface area contributed by atoms with Crippen LogP contribution >= 0.6 is 0 Å². The van der Waals surface area contributed by atoms with Gasteiger partial charge in [0.05, 0.1) is 6.10 Å². The molecule has 2 N–H and O–H groups in total. The van der Waals surface area contributed by atoms with Gasteiger partial charge in [0.1, 0.15) is 0 Å². The summed E-state index contributed by atoms with van der Waals surface area (Å²) in [7, 11) is 0. The van der Waals surface area contributed by atoms with Crippen LogP contribution in [0.4, 0.5) is 5.69 Å². The summed E-state index contributed by atoms with van der Waals surface area (Å²) >= 11 is 0. The van der Waals surface area contributed by atoms with Crippen molar-refractivity contribution in [2.24, 2.45) is 0 Å². The third kappa shape index (κ3) is 3.28. The first-order valence-electron chi connectivity index (χ1n) is 7.58. The Bertz CT molecular complexity index is 401. The van der Waals surface area contributed by atoms with E-state index in [-0.39, 0.29) is 0 Å². The van der Waals surface area contributed by atoms with Crippen LogP contribution in [-0.2, 0) is 4.74 Å². The van der Waals surface area contributed by atoms with Gasteiger partial charge in [0.15, 0.2) is 0 Å². The minimum Gasteiger partial charge on any atom is -0.384 e. The fourth-order valence-electron chi connectivity index (χ4n) is 3.15. The molecule has 1 fully saturated rings. The molecule has 1 saturated heterocycles. The van der Waals surface area contributed by atoms with Gasteiger partial charge in [0, 0.05) is 24.8 Å². The number of rotatable bonds is 6. The average molecular weight is 260 g/mol. The molecular formula is C16H24N2O. The average Bonchev–Trinajstić information content (AvgIpc) is 3.08. The molecule has 0 aromatic heterocycles. The van der Waals surface area contributed by atoms with Gasteiger partial charge in [-0.2, -0.15) is 0 Å². The van der Waals surface area contributed by atoms with Crippen molar-refractivity contribution in [3.63, 3.8) is 0 Å². The monoisotopic (exact) mass is 260 g/mol. The molecule has 0 amide bonds. The van der Waals surface area contributed by atoms with E-state index in [0.29, 0.717) is 12.0 Å². The maximum Gasteiger partial charge on any atom is 0.0588 e. The van der Waals surface area contributed by atoms with Crippen molar-refractivity contribution >= 4 is 5.69 Å². The van der Waals surface area contributed by atoms with Gasteiger partial charge in [-0.05, 0) is 50.4 Å². The quantitative estimate of drug-likeness (QED) is 0.772. The van der Waals surface area contributed by atoms with E-state index in [4.69, 9.17) is 4.74 Å². The second-order valence-electron chi connectivity index (χ2n) is 5.63. The standard InChI is InChI=1S/C16H24N2O/c1-2-6-16-15(5-1)13(12-18-16)7-9-17-10-8-14-4-3-11-19-14/h1-2,5-6,13-14,17-18H,3-4,7-12H2. The molecule has 2 aliphatic rings. The van der Waals surface area contributed by atoms with Crippen molar-refractivity contribution in [3.05, 3.63) is 29.8 Å². The molecule has 104 valence electrons. The Morgan fingerprint density at radius 3 is 3.00 bits per heavy atom. The van der Waals surface area contributed by atoms with Crippen LogP contribution in [0.25, 0.3) is 0 Å². The highest BCUT2D eigenvalue weighted by Crippen LogP contribution is 2.32. The number of hydrogen-bond donors (Lipinski definition) is 2. The van der Waals surface area contributed by atoms with E-state index in [0.717, 1.165) is 26.2 Å². The van der Waals surface area contributed by atoms with Gasteiger partial charge in [0.25, 0.3) is 0 Å². The molecule has 0 radical (unpaired) electrons. The van der Waals surface area contributed by atoms with Gasteiger partial charge < -0.3 is 15.4 Å². The van der Waals surface area contributed by atoms with Crippen molar-refractivity contribution in [2.45, 2.75) is 37.7 Å². The van der Waals surface area contributed by atoms with Crippen molar-refractivity contribution in [1.29, 1.82) is 0 Å². The number of benzene rings is 1. The van der Waals surface area contributed by atoms with Gasteiger partial charge >= 0.3 is 0 Å². The maximum absolute atomic E-state index is 5.63. The molecule has 3 heteroatoms. The lowest BCUT2D eigenvalue weighted by atomic mass is 9.98. The van der Waals surface area contributed by atoms with E-state index >= 15 is 0 Å². The Hall–Kier alpha value is -1.06. The summed E-state index contributed by atoms with van der Waals surface area (Å²) in [6.07, 6.45) is 5.40. The maximum atomic E-state index is 5.63. The molecule has 2 heterocycles. The van der Waals surface area contributed by atoms with Crippen LogP contribution in [-0.4, -0.2) is 32.3 Å². The second-order valence-corrected chi connectivity index (χ2v) is 5.63. The Morgan fingerprint density at radius 2 is 2.11 bits per heavy atom. The lowest BCUT2D eigenvalue weighted by molar-refractivity contribution is 0.104. The van der Waals surface area contributed by atoms with Crippen molar-refractivity contribution in [3.8, 4) is 0 Å². The first kappa shape index (κ1) is 12.9. The Morgan fingerprint density at radius 1 is 1.21 bits per heavy atom. The molecule has 2 atom stereocenters. The Labute approximate surface area is 115 Å². The first-order chi connectivity index (χ1) is 9.43. The van der Waals surface area contributed by atoms with E-state index in [1.807, 2.05) is 0 Å². The first-order valence-corrected chi connectivity index (χ1v) is 7.58. The van der Waals surface area contributed by atoms with Crippen molar-refractivity contribution in [1.82, 2.24) is 5.32 Å². The van der Waals surface area contributed by atoms with E-state index < -0.39 is 0 Å². The topological polar surface area (TPSA) is 33.3 Å². The summed E-state index contributed by atoms with van der Waals surface area (Å²) in [5, 5.41) is 7.05. The highest BCUT2D eigenvalue weighted by atomic mass is 16.5. The van der Waals surface area contributed by atoms with Gasteiger partial charge in [-0.3, -0.25) is 0 Å². The smallest absolute Gasteiger partial charge is 0.0588 e. The minimum absolute atomic E-state index is 0.515. The molecule has 0 bridgehead atoms. The molecule has 0 saturated carbocycles. The van der Waals surface area contributed by atoms with Crippen LogP contribution < -0.4 is 10.6 Å². The van der Waals surface area contributed by atoms with Crippen molar-refractivity contribution < 1.29 is 4.74 Å². The number of anilines is 1. The molecule has 19 heavy (non-hydrogen) atoms. The molecule has 3 nitrogen and oxygen atoms in total. The molecule has 2 unspecified atom stereocenters. The summed E-state index contributed by atoms with van der Waals surface area (Å²) in [5.41, 5.74) is 2.82. The molecule has 0 spiro atoms. The van der Waals surface area contributed by atoms with Crippen molar-refractivity contribution in [2.75, 3.05) is 31.6 Å². The van der Waals surface area contributed by atoms with Gasteiger partial charge in [-0.1, -0.05) is 18.2 Å². The largest absolute Gasteiger partial charge is 0.384 e. The predicted octanol–water partition coefficient (Wildman–Crippen LogP) is 2.74. The van der Waals surface area contributed by atoms with Crippen LogP contribution in [0.5, 0.6) is 0 Å². The number of fused-ring (bicyclic) bond motifs is 1. The van der Waals surface area contributed by atoms with E-state index in [1.54, 1.807) is 0 Å². The van der Waals surface area contributed by atoms with E-state index in [1.165, 1.54) is 36.9 Å². The Balaban J connectivity index is 1.34. The fourth-order valence-corrected chi connectivity index (χ4v) is 3.15. The lowest BCUT2D eigenvalue weighted by Crippen LogP contribution is -2.22. The fraction of sp³-hybridized carbons (Fsp3) is 0.625. The van der Waals surface area contributed by atoms with Gasteiger partial charge in [-0.15, -0.1) is 0 Å². The van der Waals surface area contributed by atoms with Gasteiger partial charge in [0.2, 0.25) is 0 Å². The van der Waals surface area contributed by atoms with Gasteiger partial charge in [-0.25, -0.2) is 0 Å². The molecule has 1 aromatic rings. The highest BCUT2D eigenvalue weighted by Gasteiger charge is 2.20. The lowest BCUT2D eigenvalue weighted by Gasteiger charge is -2.12. The summed E-state index contributed by atoms with van der Waals surface area (Å²) in [5.74, 6) is 0.673. The number of nitrogens with one attached hydrogen (secondary N) is 2. The molecule has 2 aliphatic heterocycles. The van der Waals surface area contributed by atoms with Crippen LogP contribution in [0.3, 0.4) is 0 Å². The number of para-hydroxylation sites is 1. The molecular weight excluding hydrogens is 236 g/mol. The zero-order chi connectivity index (χ0) is 12.9. The van der Waals surface area contributed by atoms with Crippen LogP contribution in [0.15, 0.2) is 24.3 Å². The Kier molecular flexibility index (Phi) is 4.36. The van der Waals surface area contributed by atoms with Crippen LogP contribution in [0.1, 0.15) is 37.2 Å². The third-order valence-corrected chi connectivity index (χ3v) is 4.28. The number of ether oxygens (including phenoxy) is 1. The summed E-state index contributed by atoms with van der Waals surface area (Å²) in [6, 6.07) is 8.68. The summed E-state index contributed by atoms with van der Waals surface area (Å²) < 4.78 is 5.63.